The van der Waals surface area contributed by atoms with Crippen LogP contribution in [0.4, 0.5) is 5.13 Å². The first kappa shape index (κ1) is 10.1. The van der Waals surface area contributed by atoms with Crippen LogP contribution >= 0.6 is 11.3 Å². The average molecular weight is 237 g/mol. The summed E-state index contributed by atoms with van der Waals surface area (Å²) < 4.78 is 0.198. The van der Waals surface area contributed by atoms with Crippen LogP contribution in [0.25, 0.3) is 10.2 Å². The van der Waals surface area contributed by atoms with E-state index in [4.69, 9.17) is 0 Å². The second kappa shape index (κ2) is 3.47. The number of quaternary nitrogens is 1. The number of hydrogen-bond donors (Lipinski definition) is 2. The van der Waals surface area contributed by atoms with Crippen molar-refractivity contribution in [2.75, 3.05) is 13.2 Å². The molecule has 0 spiro atoms. The van der Waals surface area contributed by atoms with Crippen LogP contribution in [0.5, 0.6) is 0 Å². The smallest absolute Gasteiger partial charge is 0.290 e. The van der Waals surface area contributed by atoms with Crippen molar-refractivity contribution in [1.29, 1.82) is 0 Å². The third-order valence-electron chi connectivity index (χ3n) is 2.76. The summed E-state index contributed by atoms with van der Waals surface area (Å²) in [6.07, 6.45) is -0.958. The molecule has 1 aromatic heterocycles. The van der Waals surface area contributed by atoms with Gasteiger partial charge in [0.05, 0.1) is 16.8 Å². The molecule has 2 heterocycles. The van der Waals surface area contributed by atoms with E-state index in [1.54, 1.807) is 0 Å². The molecule has 5 nitrogen and oxygen atoms in total. The lowest BCUT2D eigenvalue weighted by Crippen LogP contribution is -2.48. The topological polar surface area (TPSA) is 68.2 Å². The maximum Gasteiger partial charge on any atom is 0.290 e. The zero-order chi connectivity index (χ0) is 11.2. The van der Waals surface area contributed by atoms with Crippen LogP contribution in [0.15, 0.2) is 24.3 Å². The Balaban J connectivity index is 2.12. The van der Waals surface area contributed by atoms with E-state index >= 15 is 0 Å². The largest absolute Gasteiger partial charge is 0.623 e. The molecular weight excluding hydrogens is 226 g/mol. The van der Waals surface area contributed by atoms with E-state index in [1.807, 2.05) is 24.3 Å². The number of para-hydroxylation sites is 1. The van der Waals surface area contributed by atoms with E-state index in [0.717, 1.165) is 10.2 Å². The Bertz CT molecular complexity index is 497. The molecule has 2 N–H and O–H groups in total. The van der Waals surface area contributed by atoms with Gasteiger partial charge in [0.1, 0.15) is 6.67 Å². The van der Waals surface area contributed by atoms with Gasteiger partial charge in [-0.3, -0.25) is 9.96 Å². The molecule has 1 fully saturated rings. The molecule has 3 rings (SSSR count). The zero-order valence-corrected chi connectivity index (χ0v) is 9.28. The van der Waals surface area contributed by atoms with Crippen LogP contribution in [-0.2, 0) is 0 Å². The molecule has 0 amide bonds. The van der Waals surface area contributed by atoms with Crippen LogP contribution in [-0.4, -0.2) is 29.5 Å². The Morgan fingerprint density at radius 1 is 1.50 bits per heavy atom. The van der Waals surface area contributed by atoms with E-state index in [0.29, 0.717) is 11.7 Å². The molecule has 1 aliphatic heterocycles. The highest BCUT2D eigenvalue weighted by Crippen LogP contribution is 2.34. The van der Waals surface area contributed by atoms with Gasteiger partial charge in [-0.15, -0.1) is 0 Å². The molecular formula is C10H11N3O2S. The van der Waals surface area contributed by atoms with Gasteiger partial charge in [0.25, 0.3) is 5.13 Å². The van der Waals surface area contributed by atoms with Crippen LogP contribution in [0.2, 0.25) is 0 Å². The summed E-state index contributed by atoms with van der Waals surface area (Å²) >= 11 is 1.35. The fourth-order valence-corrected chi connectivity index (χ4v) is 2.88. The Morgan fingerprint density at radius 3 is 3.00 bits per heavy atom. The highest BCUT2D eigenvalue weighted by Gasteiger charge is 2.37. The first-order chi connectivity index (χ1) is 7.70. The predicted octanol–water partition coefficient (Wildman–Crippen LogP) is 0.980. The molecule has 1 saturated heterocycles. The molecule has 84 valence electrons. The minimum atomic E-state index is -0.958. The molecule has 2 aromatic rings. The summed E-state index contributed by atoms with van der Waals surface area (Å²) in [5.41, 5.74) is 0.815. The number of aliphatic hydroxyl groups excluding tert-OH is 1. The Kier molecular flexibility index (Phi) is 2.20. The number of benzene rings is 1. The van der Waals surface area contributed by atoms with Crippen molar-refractivity contribution in [3.8, 4) is 0 Å². The minimum absolute atomic E-state index is 0.182. The number of fused-ring (bicyclic) bond motifs is 1. The standard InChI is InChI=1S/C10H11N3O2S/c14-9-5-11-6-13(9,15)10-12-7-3-1-2-4-8(7)16-10/h1-4,9,11,14H,5-6H2. The number of nitrogens with one attached hydrogen (secondary N) is 1. The average Bonchev–Trinajstić information content (AvgIpc) is 2.84. The highest BCUT2D eigenvalue weighted by molar-refractivity contribution is 7.22. The van der Waals surface area contributed by atoms with Crippen molar-refractivity contribution in [3.63, 3.8) is 0 Å². The number of thiazole rings is 1. The summed E-state index contributed by atoms with van der Waals surface area (Å²) in [6.45, 7) is 0.500. The number of rotatable bonds is 1. The number of aliphatic hydroxyl groups is 1. The molecule has 1 aromatic carbocycles. The van der Waals surface area contributed by atoms with E-state index in [-0.39, 0.29) is 6.67 Å². The predicted molar refractivity (Wildman–Crippen MR) is 63.7 cm³/mol. The Labute approximate surface area is 96.1 Å². The summed E-state index contributed by atoms with van der Waals surface area (Å²) in [4.78, 5) is 4.30. The summed E-state index contributed by atoms with van der Waals surface area (Å²) in [6, 6.07) is 7.60. The molecule has 16 heavy (non-hydrogen) atoms. The number of hydroxylamine groups is 2. The van der Waals surface area contributed by atoms with Crippen molar-refractivity contribution in [3.05, 3.63) is 29.5 Å². The first-order valence-electron chi connectivity index (χ1n) is 5.04. The summed E-state index contributed by atoms with van der Waals surface area (Å²) in [5, 5.41) is 25.4. The molecule has 2 atom stereocenters. The second-order valence-corrected chi connectivity index (χ2v) is 4.86. The van der Waals surface area contributed by atoms with Crippen molar-refractivity contribution >= 4 is 26.7 Å². The number of aromatic nitrogens is 1. The lowest BCUT2D eigenvalue weighted by atomic mass is 10.3. The molecule has 2 unspecified atom stereocenters. The third kappa shape index (κ3) is 1.35. The Morgan fingerprint density at radius 2 is 2.31 bits per heavy atom. The molecule has 0 bridgehead atoms. The van der Waals surface area contributed by atoms with Gasteiger partial charge < -0.3 is 10.3 Å². The van der Waals surface area contributed by atoms with Gasteiger partial charge >= 0.3 is 0 Å². The monoisotopic (exact) mass is 237 g/mol. The van der Waals surface area contributed by atoms with Gasteiger partial charge in [-0.2, -0.15) is 4.98 Å². The van der Waals surface area contributed by atoms with Crippen molar-refractivity contribution in [1.82, 2.24) is 14.9 Å². The zero-order valence-electron chi connectivity index (χ0n) is 8.46. The second-order valence-electron chi connectivity index (χ2n) is 3.85. The number of hydrogen-bond acceptors (Lipinski definition) is 5. The highest BCUT2D eigenvalue weighted by atomic mass is 32.1. The van der Waals surface area contributed by atoms with Crippen molar-refractivity contribution in [2.45, 2.75) is 6.23 Å². The van der Waals surface area contributed by atoms with Crippen molar-refractivity contribution < 1.29 is 5.11 Å². The summed E-state index contributed by atoms with van der Waals surface area (Å²) in [5.74, 6) is 0. The van der Waals surface area contributed by atoms with Gasteiger partial charge in [0, 0.05) is 0 Å². The SMILES string of the molecule is [O-][N+]1(c2nc3ccccc3s2)CNCC1O. The molecule has 0 radical (unpaired) electrons. The van der Waals surface area contributed by atoms with Gasteiger partial charge in [0.15, 0.2) is 0 Å². The van der Waals surface area contributed by atoms with Crippen LogP contribution in [0.1, 0.15) is 0 Å². The van der Waals surface area contributed by atoms with Gasteiger partial charge in [-0.05, 0) is 12.1 Å². The van der Waals surface area contributed by atoms with E-state index in [1.165, 1.54) is 11.3 Å². The Hall–Kier alpha value is -1.05. The fourth-order valence-electron chi connectivity index (χ4n) is 1.83. The van der Waals surface area contributed by atoms with Gasteiger partial charge in [-0.1, -0.05) is 23.5 Å². The minimum Gasteiger partial charge on any atom is -0.623 e. The van der Waals surface area contributed by atoms with Gasteiger partial charge in [0.2, 0.25) is 6.23 Å². The lowest BCUT2D eigenvalue weighted by molar-refractivity contribution is 0.0851. The lowest BCUT2D eigenvalue weighted by Gasteiger charge is -2.36. The van der Waals surface area contributed by atoms with Crippen LogP contribution in [0.3, 0.4) is 0 Å². The summed E-state index contributed by atoms with van der Waals surface area (Å²) in [7, 11) is 0. The third-order valence-corrected chi connectivity index (χ3v) is 3.91. The van der Waals surface area contributed by atoms with Crippen LogP contribution in [0, 0.1) is 5.21 Å². The van der Waals surface area contributed by atoms with Gasteiger partial charge in [-0.25, -0.2) is 0 Å². The fraction of sp³-hybridized carbons (Fsp3) is 0.300. The molecule has 6 heteroatoms. The van der Waals surface area contributed by atoms with E-state index in [9.17, 15) is 10.3 Å². The maximum absolute atomic E-state index is 12.4. The maximum atomic E-state index is 12.4. The molecule has 0 saturated carbocycles. The quantitative estimate of drug-likeness (QED) is 0.573. The molecule has 1 aliphatic rings. The van der Waals surface area contributed by atoms with Crippen LogP contribution < -0.4 is 9.96 Å². The normalized spacial score (nSPS) is 30.0. The molecule has 0 aliphatic carbocycles. The van der Waals surface area contributed by atoms with E-state index < -0.39 is 10.9 Å². The van der Waals surface area contributed by atoms with Crippen molar-refractivity contribution in [2.24, 2.45) is 0 Å². The number of β-amino-alcohol motifs (C(OH)–C–C–N with tert-alkyl or cyclic N) is 1. The first-order valence-corrected chi connectivity index (χ1v) is 5.85. The van der Waals surface area contributed by atoms with E-state index in [2.05, 4.69) is 10.3 Å². The number of nitrogens with zero attached hydrogens (tertiary/aromatic N) is 2.